The summed E-state index contributed by atoms with van der Waals surface area (Å²) in [5.74, 6) is -0.0651. The highest BCUT2D eigenvalue weighted by Gasteiger charge is 2.57. The molecule has 0 unspecified atom stereocenters. The molecule has 6 rings (SSSR count). The fraction of sp³-hybridized carbons (Fsp3) is 0.300. The molecule has 4 heteroatoms. The van der Waals surface area contributed by atoms with Gasteiger partial charge >= 0.3 is 0 Å². The van der Waals surface area contributed by atoms with Crippen molar-refractivity contribution in [3.63, 3.8) is 0 Å². The second-order valence-electron chi connectivity index (χ2n) is 7.00. The molecule has 1 saturated carbocycles. The molecule has 2 amide bonds. The molecule has 2 fully saturated rings. The van der Waals surface area contributed by atoms with Crippen molar-refractivity contribution in [3.05, 3.63) is 48.6 Å². The molecule has 2 bridgehead atoms. The molecule has 3 aliphatic carbocycles. The lowest BCUT2D eigenvalue weighted by Crippen LogP contribution is -2.38. The minimum Gasteiger partial charge on any atom is -0.507 e. The van der Waals surface area contributed by atoms with Gasteiger partial charge in [-0.1, -0.05) is 36.4 Å². The van der Waals surface area contributed by atoms with Gasteiger partial charge in [0.25, 0.3) is 0 Å². The summed E-state index contributed by atoms with van der Waals surface area (Å²) in [5.41, 5.74) is 0.590. The molecule has 4 aliphatic rings. The standard InChI is InChI=1S/C20H17NO3/c22-16-6-2-3-13-14(16)4-1-5-15(13)21-19(23)17-11-7-8-12(10-9-11)18(17)20(21)24/h1-8,11-12,17-18,22H,9-10H2/t11-,12+,17-,18+. The van der Waals surface area contributed by atoms with Crippen LogP contribution in [0, 0.1) is 23.7 Å². The number of carbonyl (C=O) groups excluding carboxylic acids is 2. The van der Waals surface area contributed by atoms with Gasteiger partial charge in [0.1, 0.15) is 5.75 Å². The van der Waals surface area contributed by atoms with Gasteiger partial charge in [-0.15, -0.1) is 0 Å². The lowest BCUT2D eigenvalue weighted by molar-refractivity contribution is -0.124. The molecule has 1 N–H and O–H groups in total. The number of amides is 2. The van der Waals surface area contributed by atoms with Gasteiger partial charge < -0.3 is 5.11 Å². The number of phenols is 1. The first-order chi connectivity index (χ1) is 11.7. The van der Waals surface area contributed by atoms with E-state index in [4.69, 9.17) is 0 Å². The van der Waals surface area contributed by atoms with Crippen molar-refractivity contribution in [1.29, 1.82) is 0 Å². The van der Waals surface area contributed by atoms with E-state index in [0.29, 0.717) is 11.1 Å². The monoisotopic (exact) mass is 319 g/mol. The average molecular weight is 319 g/mol. The van der Waals surface area contributed by atoms with Crippen molar-refractivity contribution in [3.8, 4) is 5.75 Å². The second kappa shape index (κ2) is 4.69. The first-order valence-electron chi connectivity index (χ1n) is 8.43. The highest BCUT2D eigenvalue weighted by molar-refractivity contribution is 6.25. The predicted octanol–water partition coefficient (Wildman–Crippen LogP) is 3.25. The van der Waals surface area contributed by atoms with Crippen LogP contribution in [0.3, 0.4) is 0 Å². The minimum atomic E-state index is -0.214. The molecule has 0 aromatic heterocycles. The van der Waals surface area contributed by atoms with Gasteiger partial charge in [-0.25, -0.2) is 4.90 Å². The topological polar surface area (TPSA) is 57.6 Å². The van der Waals surface area contributed by atoms with E-state index in [1.807, 2.05) is 6.07 Å². The van der Waals surface area contributed by atoms with E-state index in [1.165, 1.54) is 4.90 Å². The van der Waals surface area contributed by atoms with Crippen LogP contribution in [0.4, 0.5) is 5.69 Å². The molecular weight excluding hydrogens is 302 g/mol. The van der Waals surface area contributed by atoms with Crippen LogP contribution in [0.5, 0.6) is 5.75 Å². The molecule has 0 radical (unpaired) electrons. The minimum absolute atomic E-state index is 0.0834. The summed E-state index contributed by atoms with van der Waals surface area (Å²) in [4.78, 5) is 27.5. The zero-order valence-corrected chi connectivity index (χ0v) is 13.1. The molecule has 1 aliphatic heterocycles. The lowest BCUT2D eigenvalue weighted by Gasteiger charge is -2.38. The normalized spacial score (nSPS) is 31.1. The van der Waals surface area contributed by atoms with Crippen molar-refractivity contribution in [1.82, 2.24) is 0 Å². The van der Waals surface area contributed by atoms with E-state index in [0.717, 1.165) is 18.2 Å². The Kier molecular flexibility index (Phi) is 2.70. The third kappa shape index (κ3) is 1.63. The number of anilines is 1. The van der Waals surface area contributed by atoms with Gasteiger partial charge in [0.05, 0.1) is 17.5 Å². The maximum atomic E-state index is 13.1. The number of phenolic OH excluding ortho intramolecular Hbond substituents is 1. The van der Waals surface area contributed by atoms with E-state index >= 15 is 0 Å². The Morgan fingerprint density at radius 3 is 2.04 bits per heavy atom. The number of hydrogen-bond acceptors (Lipinski definition) is 3. The van der Waals surface area contributed by atoms with E-state index in [2.05, 4.69) is 12.2 Å². The van der Waals surface area contributed by atoms with Crippen molar-refractivity contribution < 1.29 is 14.7 Å². The van der Waals surface area contributed by atoms with E-state index in [-0.39, 0.29) is 41.2 Å². The highest BCUT2D eigenvalue weighted by Crippen LogP contribution is 2.51. The maximum Gasteiger partial charge on any atom is 0.238 e. The van der Waals surface area contributed by atoms with Gasteiger partial charge in [-0.05, 0) is 36.8 Å². The van der Waals surface area contributed by atoms with Gasteiger partial charge in [0.2, 0.25) is 11.8 Å². The Morgan fingerprint density at radius 2 is 1.42 bits per heavy atom. The number of imide groups is 1. The number of hydrogen-bond donors (Lipinski definition) is 1. The second-order valence-corrected chi connectivity index (χ2v) is 7.00. The van der Waals surface area contributed by atoms with Crippen LogP contribution in [0.15, 0.2) is 48.6 Å². The number of nitrogens with zero attached hydrogens (tertiary/aromatic N) is 1. The molecule has 4 atom stereocenters. The lowest BCUT2D eigenvalue weighted by atomic mass is 9.63. The summed E-state index contributed by atoms with van der Waals surface area (Å²) in [5, 5.41) is 11.5. The number of carbonyl (C=O) groups is 2. The smallest absolute Gasteiger partial charge is 0.238 e. The van der Waals surface area contributed by atoms with Gasteiger partial charge in [0.15, 0.2) is 0 Å². The molecule has 120 valence electrons. The summed E-state index contributed by atoms with van der Waals surface area (Å²) in [7, 11) is 0. The molecule has 0 spiro atoms. The zero-order valence-electron chi connectivity index (χ0n) is 13.1. The van der Waals surface area contributed by atoms with Crippen molar-refractivity contribution in [2.45, 2.75) is 12.8 Å². The summed E-state index contributed by atoms with van der Waals surface area (Å²) >= 11 is 0. The number of allylic oxidation sites excluding steroid dienone is 2. The fourth-order valence-corrected chi connectivity index (χ4v) is 4.78. The van der Waals surface area contributed by atoms with E-state index in [1.54, 1.807) is 30.3 Å². The average Bonchev–Trinajstić information content (AvgIpc) is 2.89. The zero-order chi connectivity index (χ0) is 16.4. The molecule has 4 nitrogen and oxygen atoms in total. The predicted molar refractivity (Wildman–Crippen MR) is 90.4 cm³/mol. The maximum absolute atomic E-state index is 13.1. The van der Waals surface area contributed by atoms with E-state index < -0.39 is 0 Å². The SMILES string of the molecule is O=C1[C@@H]2[C@H](C(=O)N1c1cccc3c(O)cccc13)[C@@H]1C=C[C@H]2CC1. The van der Waals surface area contributed by atoms with Crippen LogP contribution in [-0.4, -0.2) is 16.9 Å². The largest absolute Gasteiger partial charge is 0.507 e. The fourth-order valence-electron chi connectivity index (χ4n) is 4.78. The molecule has 2 aromatic carbocycles. The number of fused-ring (bicyclic) bond motifs is 2. The van der Waals surface area contributed by atoms with Crippen molar-refractivity contribution in [2.75, 3.05) is 4.90 Å². The van der Waals surface area contributed by atoms with Gasteiger partial charge in [-0.3, -0.25) is 9.59 Å². The summed E-state index contributed by atoms with van der Waals surface area (Å²) in [6, 6.07) is 10.6. The van der Waals surface area contributed by atoms with Crippen LogP contribution >= 0.6 is 0 Å². The summed E-state index contributed by atoms with van der Waals surface area (Å²) in [6.45, 7) is 0. The number of aromatic hydroxyl groups is 1. The van der Waals surface area contributed by atoms with Crippen LogP contribution in [-0.2, 0) is 9.59 Å². The van der Waals surface area contributed by atoms with Crippen molar-refractivity contribution in [2.24, 2.45) is 23.7 Å². The highest BCUT2D eigenvalue weighted by atomic mass is 16.3. The third-order valence-corrected chi connectivity index (χ3v) is 5.88. The summed E-state index contributed by atoms with van der Waals surface area (Å²) in [6.07, 6.45) is 6.23. The molecular formula is C20H17NO3. The Morgan fingerprint density at radius 1 is 0.833 bits per heavy atom. The Bertz CT molecular complexity index is 884. The van der Waals surface area contributed by atoms with Crippen molar-refractivity contribution >= 4 is 28.3 Å². The van der Waals surface area contributed by atoms with Crippen LogP contribution in [0.2, 0.25) is 0 Å². The Hall–Kier alpha value is -2.62. The Balaban J connectivity index is 1.68. The molecule has 1 saturated heterocycles. The molecule has 2 aromatic rings. The van der Waals surface area contributed by atoms with Crippen LogP contribution in [0.25, 0.3) is 10.8 Å². The quantitative estimate of drug-likeness (QED) is 0.648. The Labute approximate surface area is 139 Å². The first kappa shape index (κ1) is 13.8. The molecule has 1 heterocycles. The van der Waals surface area contributed by atoms with Crippen LogP contribution in [0.1, 0.15) is 12.8 Å². The van der Waals surface area contributed by atoms with Gasteiger partial charge in [0, 0.05) is 10.8 Å². The van der Waals surface area contributed by atoms with E-state index in [9.17, 15) is 14.7 Å². The number of benzene rings is 2. The molecule has 24 heavy (non-hydrogen) atoms. The van der Waals surface area contributed by atoms with Crippen LogP contribution < -0.4 is 4.90 Å². The summed E-state index contributed by atoms with van der Waals surface area (Å²) < 4.78 is 0. The first-order valence-corrected chi connectivity index (χ1v) is 8.43. The number of rotatable bonds is 1. The third-order valence-electron chi connectivity index (χ3n) is 5.88. The van der Waals surface area contributed by atoms with Gasteiger partial charge in [-0.2, -0.15) is 0 Å².